The summed E-state index contributed by atoms with van der Waals surface area (Å²) in [6.07, 6.45) is 0. The second-order valence-electron chi connectivity index (χ2n) is 5.15. The van der Waals surface area contributed by atoms with Crippen LogP contribution < -0.4 is 10.3 Å². The van der Waals surface area contributed by atoms with Crippen LogP contribution in [0.3, 0.4) is 0 Å². The molecule has 2 aliphatic rings. The molecule has 0 spiro atoms. The van der Waals surface area contributed by atoms with Crippen molar-refractivity contribution in [1.82, 2.24) is 5.43 Å². The molecule has 0 unspecified atom stereocenters. The largest absolute Gasteiger partial charge is 0.461 e. The zero-order chi connectivity index (χ0) is 15.9. The third kappa shape index (κ3) is 2.05. The lowest BCUT2D eigenvalue weighted by Gasteiger charge is -2.15. The lowest BCUT2D eigenvalue weighted by atomic mass is 9.99. The van der Waals surface area contributed by atoms with Crippen LogP contribution in [0.5, 0.6) is 0 Å². The quantitative estimate of drug-likeness (QED) is 0.644. The van der Waals surface area contributed by atoms with Crippen LogP contribution in [0.15, 0.2) is 29.4 Å². The fourth-order valence-corrected chi connectivity index (χ4v) is 2.61. The molecule has 1 saturated heterocycles. The van der Waals surface area contributed by atoms with Crippen molar-refractivity contribution in [1.29, 1.82) is 0 Å². The fourth-order valence-electron chi connectivity index (χ4n) is 2.61. The Morgan fingerprint density at radius 1 is 1.27 bits per heavy atom. The maximum Gasteiger partial charge on any atom is 0.355 e. The molecule has 1 aromatic carbocycles. The summed E-state index contributed by atoms with van der Waals surface area (Å²) in [5.74, 6) is -2.47. The third-order valence-electron chi connectivity index (χ3n) is 3.70. The summed E-state index contributed by atoms with van der Waals surface area (Å²) in [7, 11) is 0. The van der Waals surface area contributed by atoms with Gasteiger partial charge in [-0.05, 0) is 26.0 Å². The van der Waals surface area contributed by atoms with Crippen LogP contribution >= 0.6 is 0 Å². The highest BCUT2D eigenvalue weighted by atomic mass is 16.5. The van der Waals surface area contributed by atoms with Crippen LogP contribution in [0.1, 0.15) is 12.5 Å². The summed E-state index contributed by atoms with van der Waals surface area (Å²) in [5, 5.41) is 3.81. The highest BCUT2D eigenvalue weighted by Crippen LogP contribution is 2.30. The van der Waals surface area contributed by atoms with Crippen molar-refractivity contribution in [3.05, 3.63) is 29.8 Å². The number of anilines is 1. The molecular weight excluding hydrogens is 286 g/mol. The second kappa shape index (κ2) is 5.25. The van der Waals surface area contributed by atoms with Gasteiger partial charge in [0.05, 0.1) is 12.3 Å². The number of benzene rings is 1. The highest BCUT2D eigenvalue weighted by Gasteiger charge is 2.55. The molecule has 0 aromatic heterocycles. The molecule has 3 rings (SSSR count). The molecule has 2 heterocycles. The lowest BCUT2D eigenvalue weighted by molar-refractivity contribution is -0.136. The van der Waals surface area contributed by atoms with Gasteiger partial charge in [-0.1, -0.05) is 17.7 Å². The minimum absolute atomic E-state index is 0.0418. The van der Waals surface area contributed by atoms with Crippen LogP contribution in [0.25, 0.3) is 0 Å². The first-order valence-electron chi connectivity index (χ1n) is 6.99. The Hall–Kier alpha value is -2.70. The Labute approximate surface area is 126 Å². The van der Waals surface area contributed by atoms with Gasteiger partial charge in [-0.25, -0.2) is 9.69 Å². The Bertz CT molecular complexity index is 681. The van der Waals surface area contributed by atoms with Crippen LogP contribution in [-0.4, -0.2) is 36.1 Å². The first-order valence-corrected chi connectivity index (χ1v) is 6.99. The molecule has 2 aliphatic heterocycles. The number of carbonyl (C=O) groups is 3. The van der Waals surface area contributed by atoms with E-state index in [9.17, 15) is 14.4 Å². The topological polar surface area (TPSA) is 88.1 Å². The molecular formula is C15H15N3O4. The number of nitrogens with one attached hydrogen (secondary N) is 1. The number of carbonyl (C=O) groups excluding carboxylic acids is 3. The minimum Gasteiger partial charge on any atom is -0.461 e. The molecule has 2 atom stereocenters. The first kappa shape index (κ1) is 14.2. The molecule has 7 nitrogen and oxygen atoms in total. The van der Waals surface area contributed by atoms with E-state index in [0.717, 1.165) is 10.5 Å². The van der Waals surface area contributed by atoms with E-state index in [1.165, 1.54) is 0 Å². The van der Waals surface area contributed by atoms with Crippen molar-refractivity contribution < 1.29 is 19.1 Å². The molecule has 2 amide bonds. The average Bonchev–Trinajstić information content (AvgIpc) is 3.03. The van der Waals surface area contributed by atoms with Crippen molar-refractivity contribution in [2.24, 2.45) is 11.0 Å². The van der Waals surface area contributed by atoms with Gasteiger partial charge in [-0.2, -0.15) is 5.10 Å². The van der Waals surface area contributed by atoms with Gasteiger partial charge in [0.1, 0.15) is 12.0 Å². The number of hydrazone groups is 1. The van der Waals surface area contributed by atoms with E-state index in [1.807, 2.05) is 19.1 Å². The number of nitrogens with zero attached hydrogens (tertiary/aromatic N) is 2. The van der Waals surface area contributed by atoms with Gasteiger partial charge in [-0.15, -0.1) is 0 Å². The Morgan fingerprint density at radius 3 is 2.59 bits per heavy atom. The van der Waals surface area contributed by atoms with Gasteiger partial charge in [0.2, 0.25) is 5.91 Å². The van der Waals surface area contributed by atoms with Gasteiger partial charge < -0.3 is 4.74 Å². The molecule has 0 aliphatic carbocycles. The summed E-state index contributed by atoms with van der Waals surface area (Å²) in [6, 6.07) is 6.20. The average molecular weight is 301 g/mol. The number of aryl methyl sites for hydroxylation is 1. The summed E-state index contributed by atoms with van der Waals surface area (Å²) >= 11 is 0. The number of hydrogen-bond donors (Lipinski definition) is 1. The predicted molar refractivity (Wildman–Crippen MR) is 78.2 cm³/mol. The predicted octanol–water partition coefficient (Wildman–Crippen LogP) is 0.375. The lowest BCUT2D eigenvalue weighted by Crippen LogP contribution is -2.36. The zero-order valence-electron chi connectivity index (χ0n) is 12.2. The van der Waals surface area contributed by atoms with Crippen LogP contribution in [0.2, 0.25) is 0 Å². The molecule has 1 aromatic rings. The summed E-state index contributed by atoms with van der Waals surface area (Å²) in [5.41, 5.74) is 4.04. The van der Waals surface area contributed by atoms with E-state index in [2.05, 4.69) is 10.5 Å². The van der Waals surface area contributed by atoms with E-state index in [-0.39, 0.29) is 12.3 Å². The molecule has 0 saturated carbocycles. The van der Waals surface area contributed by atoms with E-state index >= 15 is 0 Å². The van der Waals surface area contributed by atoms with E-state index in [0.29, 0.717) is 5.69 Å². The summed E-state index contributed by atoms with van der Waals surface area (Å²) < 4.78 is 4.88. The van der Waals surface area contributed by atoms with Crippen molar-refractivity contribution in [3.63, 3.8) is 0 Å². The van der Waals surface area contributed by atoms with Crippen molar-refractivity contribution in [2.45, 2.75) is 19.9 Å². The van der Waals surface area contributed by atoms with Crippen molar-refractivity contribution >= 4 is 29.2 Å². The highest BCUT2D eigenvalue weighted by molar-refractivity contribution is 6.46. The monoisotopic (exact) mass is 301 g/mol. The zero-order valence-corrected chi connectivity index (χ0v) is 12.2. The smallest absolute Gasteiger partial charge is 0.355 e. The third-order valence-corrected chi connectivity index (χ3v) is 3.70. The minimum atomic E-state index is -0.923. The molecule has 1 N–H and O–H groups in total. The Morgan fingerprint density at radius 2 is 1.95 bits per heavy atom. The number of amides is 2. The number of fused-ring (bicyclic) bond motifs is 1. The molecule has 0 bridgehead atoms. The van der Waals surface area contributed by atoms with E-state index < -0.39 is 29.7 Å². The van der Waals surface area contributed by atoms with Crippen molar-refractivity contribution in [2.75, 3.05) is 11.5 Å². The maximum absolute atomic E-state index is 12.6. The number of hydrogen-bond acceptors (Lipinski definition) is 6. The second-order valence-corrected chi connectivity index (χ2v) is 5.15. The molecule has 114 valence electrons. The SMILES string of the molecule is CCOC(=O)C1=NN[C@@H]2C(=O)N(c3ccc(C)cc3)C(=O)[C@@H]12. The van der Waals surface area contributed by atoms with Crippen LogP contribution in [0, 0.1) is 12.8 Å². The van der Waals surface area contributed by atoms with Gasteiger partial charge >= 0.3 is 5.97 Å². The van der Waals surface area contributed by atoms with E-state index in [1.54, 1.807) is 19.1 Å². The van der Waals surface area contributed by atoms with E-state index in [4.69, 9.17) is 4.74 Å². The van der Waals surface area contributed by atoms with Crippen molar-refractivity contribution in [3.8, 4) is 0 Å². The Kier molecular flexibility index (Phi) is 3.40. The number of ether oxygens (including phenoxy) is 1. The van der Waals surface area contributed by atoms with Crippen LogP contribution in [-0.2, 0) is 19.1 Å². The molecule has 22 heavy (non-hydrogen) atoms. The van der Waals surface area contributed by atoms with Gasteiger partial charge in [-0.3, -0.25) is 15.0 Å². The Balaban J connectivity index is 1.91. The fraction of sp³-hybridized carbons (Fsp3) is 0.333. The molecule has 7 heteroatoms. The van der Waals surface area contributed by atoms with Gasteiger partial charge in [0.15, 0.2) is 5.71 Å². The number of imide groups is 1. The summed E-state index contributed by atoms with van der Waals surface area (Å²) in [6.45, 7) is 3.76. The normalized spacial score (nSPS) is 23.2. The number of rotatable bonds is 3. The molecule has 1 fully saturated rings. The first-order chi connectivity index (χ1) is 10.5. The molecule has 0 radical (unpaired) electrons. The maximum atomic E-state index is 12.6. The van der Waals surface area contributed by atoms with Gasteiger partial charge in [0, 0.05) is 0 Å². The van der Waals surface area contributed by atoms with Gasteiger partial charge in [0.25, 0.3) is 5.91 Å². The summed E-state index contributed by atoms with van der Waals surface area (Å²) in [4.78, 5) is 38.0. The standard InChI is InChI=1S/C15H15N3O4/c1-3-22-15(21)12-10-11(16-17-12)14(20)18(13(10)19)9-6-4-8(2)5-7-9/h4-7,10-11,16H,3H2,1-2H3/t10-,11+/m1/s1. The van der Waals surface area contributed by atoms with Crippen LogP contribution in [0.4, 0.5) is 5.69 Å². The number of esters is 1.